The van der Waals surface area contributed by atoms with Gasteiger partial charge in [-0.1, -0.05) is 19.1 Å². The Morgan fingerprint density at radius 3 is 2.67 bits per heavy atom. The van der Waals surface area contributed by atoms with Crippen LogP contribution in [0.5, 0.6) is 0 Å². The van der Waals surface area contributed by atoms with Gasteiger partial charge < -0.3 is 14.6 Å². The molecule has 1 atom stereocenters. The lowest BCUT2D eigenvalue weighted by Gasteiger charge is -2.38. The molecule has 4 nitrogen and oxygen atoms in total. The van der Waals surface area contributed by atoms with Crippen molar-refractivity contribution in [3.05, 3.63) is 29.8 Å². The molecule has 100 valence electrons. The van der Waals surface area contributed by atoms with Crippen LogP contribution in [0.3, 0.4) is 0 Å². The fraction of sp³-hybridized carbons (Fsp3) is 0.538. The van der Waals surface area contributed by atoms with Crippen LogP contribution in [-0.4, -0.2) is 38.4 Å². The van der Waals surface area contributed by atoms with Gasteiger partial charge in [0, 0.05) is 18.0 Å². The molecule has 1 aliphatic heterocycles. The summed E-state index contributed by atoms with van der Waals surface area (Å²) in [7, 11) is 0. The smallest absolute Gasteiger partial charge is 0.0921 e. The van der Waals surface area contributed by atoms with Gasteiger partial charge in [0.25, 0.3) is 0 Å². The number of benzene rings is 1. The van der Waals surface area contributed by atoms with Crippen LogP contribution in [0, 0.1) is 0 Å². The second kappa shape index (κ2) is 5.48. The van der Waals surface area contributed by atoms with Crippen LogP contribution in [-0.2, 0) is 16.7 Å². The van der Waals surface area contributed by atoms with Gasteiger partial charge >= 0.3 is 0 Å². The molecule has 0 saturated carbocycles. The van der Waals surface area contributed by atoms with Crippen molar-refractivity contribution in [3.8, 4) is 0 Å². The molecule has 1 aromatic carbocycles. The first kappa shape index (κ1) is 13.7. The Morgan fingerprint density at radius 2 is 2.11 bits per heavy atom. The van der Waals surface area contributed by atoms with Crippen LogP contribution in [0.1, 0.15) is 25.3 Å². The first-order valence-corrected chi connectivity index (χ1v) is 7.27. The lowest BCUT2D eigenvalue weighted by atomic mass is 9.84. The molecule has 1 unspecified atom stereocenters. The van der Waals surface area contributed by atoms with Crippen molar-refractivity contribution in [3.63, 3.8) is 0 Å². The molecule has 18 heavy (non-hydrogen) atoms. The Morgan fingerprint density at radius 1 is 1.44 bits per heavy atom. The summed E-state index contributed by atoms with van der Waals surface area (Å²) in [5.74, 6) is 0. The molecule has 0 amide bonds. The van der Waals surface area contributed by atoms with Crippen LogP contribution in [0.25, 0.3) is 0 Å². The summed E-state index contributed by atoms with van der Waals surface area (Å²) in [4.78, 5) is 2.52. The van der Waals surface area contributed by atoms with Crippen LogP contribution in [0.2, 0.25) is 0 Å². The van der Waals surface area contributed by atoms with E-state index < -0.39 is 16.7 Å². The molecule has 0 aromatic heterocycles. The minimum atomic E-state index is -2.24. The van der Waals surface area contributed by atoms with Gasteiger partial charge in [-0.15, -0.1) is 0 Å². The Balaban J connectivity index is 2.20. The monoisotopic (exact) mass is 268 g/mol. The lowest BCUT2D eigenvalue weighted by Crippen LogP contribution is -2.42. The average Bonchev–Trinajstić information content (AvgIpc) is 2.40. The molecule has 1 heterocycles. The maximum absolute atomic E-state index is 10.9. The van der Waals surface area contributed by atoms with Crippen molar-refractivity contribution in [2.45, 2.75) is 30.3 Å². The largest absolute Gasteiger partial charge is 0.768 e. The summed E-state index contributed by atoms with van der Waals surface area (Å²) in [6, 6.07) is 6.60. The minimum absolute atomic E-state index is 0.235. The van der Waals surface area contributed by atoms with Gasteiger partial charge in [-0.2, -0.15) is 0 Å². The van der Waals surface area contributed by atoms with E-state index in [2.05, 4.69) is 11.8 Å². The lowest BCUT2D eigenvalue weighted by molar-refractivity contribution is -0.0248. The SMILES string of the molecule is CCN1CCC(O)(c2cccc(S(=O)[O-])c2)CC1. The maximum atomic E-state index is 10.9. The van der Waals surface area contributed by atoms with E-state index in [0.717, 1.165) is 19.6 Å². The van der Waals surface area contributed by atoms with E-state index in [1.54, 1.807) is 18.2 Å². The van der Waals surface area contributed by atoms with Gasteiger partial charge in [-0.05, 0) is 48.2 Å². The molecule has 1 aliphatic rings. The average molecular weight is 268 g/mol. The molecular formula is C13H18NO3S-. The molecule has 5 heteroatoms. The quantitative estimate of drug-likeness (QED) is 0.837. The second-order valence-electron chi connectivity index (χ2n) is 4.73. The Kier molecular flexibility index (Phi) is 4.17. The number of hydrogen-bond donors (Lipinski definition) is 1. The van der Waals surface area contributed by atoms with E-state index >= 15 is 0 Å². The van der Waals surface area contributed by atoms with Gasteiger partial charge in [0.15, 0.2) is 0 Å². The first-order valence-electron chi connectivity index (χ1n) is 6.20. The van der Waals surface area contributed by atoms with Crippen molar-refractivity contribution in [1.29, 1.82) is 0 Å². The van der Waals surface area contributed by atoms with E-state index in [0.29, 0.717) is 18.4 Å². The van der Waals surface area contributed by atoms with Gasteiger partial charge in [0.05, 0.1) is 5.60 Å². The molecule has 1 fully saturated rings. The third-order valence-corrected chi connectivity index (χ3v) is 4.33. The molecule has 0 radical (unpaired) electrons. The normalized spacial score (nSPS) is 21.7. The molecule has 0 bridgehead atoms. The first-order chi connectivity index (χ1) is 8.55. The Bertz CT molecular complexity index is 442. The predicted molar refractivity (Wildman–Crippen MR) is 68.9 cm³/mol. The molecule has 1 N–H and O–H groups in total. The van der Waals surface area contributed by atoms with Crippen molar-refractivity contribution in [2.24, 2.45) is 0 Å². The van der Waals surface area contributed by atoms with E-state index in [1.165, 1.54) is 6.07 Å². The van der Waals surface area contributed by atoms with E-state index in [4.69, 9.17) is 0 Å². The zero-order valence-corrected chi connectivity index (χ0v) is 11.3. The van der Waals surface area contributed by atoms with Crippen molar-refractivity contribution >= 4 is 11.1 Å². The molecular weight excluding hydrogens is 250 g/mol. The number of nitrogens with zero attached hydrogens (tertiary/aromatic N) is 1. The number of piperidine rings is 1. The topological polar surface area (TPSA) is 63.6 Å². The van der Waals surface area contributed by atoms with Crippen LogP contribution < -0.4 is 0 Å². The van der Waals surface area contributed by atoms with Crippen molar-refractivity contribution < 1.29 is 13.9 Å². The highest BCUT2D eigenvalue weighted by molar-refractivity contribution is 7.79. The summed E-state index contributed by atoms with van der Waals surface area (Å²) in [5, 5.41) is 10.6. The third-order valence-electron chi connectivity index (χ3n) is 3.69. The molecule has 2 rings (SSSR count). The van der Waals surface area contributed by atoms with Crippen LogP contribution in [0.4, 0.5) is 0 Å². The van der Waals surface area contributed by atoms with E-state index in [9.17, 15) is 13.9 Å². The maximum Gasteiger partial charge on any atom is 0.0921 e. The number of likely N-dealkylation sites (tertiary alicyclic amines) is 1. The summed E-state index contributed by atoms with van der Waals surface area (Å²) in [6.07, 6.45) is 1.30. The van der Waals surface area contributed by atoms with E-state index in [-0.39, 0.29) is 4.90 Å². The number of hydrogen-bond acceptors (Lipinski definition) is 4. The predicted octanol–water partition coefficient (Wildman–Crippen LogP) is 1.23. The number of rotatable bonds is 3. The standard InChI is InChI=1S/C13H19NO3S/c1-2-14-8-6-13(15,7-9-14)11-4-3-5-12(10-11)18(16)17/h3-5,10,15H,2,6-9H2,1H3,(H,16,17)/p-1. The second-order valence-corrected chi connectivity index (χ2v) is 5.67. The van der Waals surface area contributed by atoms with E-state index in [1.807, 2.05) is 0 Å². The van der Waals surface area contributed by atoms with Gasteiger partial charge in [0.1, 0.15) is 0 Å². The zero-order valence-electron chi connectivity index (χ0n) is 10.5. The minimum Gasteiger partial charge on any atom is -0.768 e. The summed E-state index contributed by atoms with van der Waals surface area (Å²) in [6.45, 7) is 4.78. The third kappa shape index (κ3) is 2.80. The summed E-state index contributed by atoms with van der Waals surface area (Å²) < 4.78 is 21.9. The van der Waals surface area contributed by atoms with Gasteiger partial charge in [-0.25, -0.2) is 0 Å². The fourth-order valence-corrected chi connectivity index (χ4v) is 2.83. The molecule has 0 spiro atoms. The number of aliphatic hydroxyl groups is 1. The molecule has 1 aromatic rings. The Hall–Kier alpha value is -0.750. The molecule has 1 saturated heterocycles. The van der Waals surface area contributed by atoms with Crippen molar-refractivity contribution in [2.75, 3.05) is 19.6 Å². The fourth-order valence-electron chi connectivity index (χ4n) is 2.42. The highest BCUT2D eigenvalue weighted by Gasteiger charge is 2.33. The highest BCUT2D eigenvalue weighted by atomic mass is 32.2. The zero-order chi connectivity index (χ0) is 13.2. The van der Waals surface area contributed by atoms with Crippen LogP contribution >= 0.6 is 0 Å². The summed E-state index contributed by atoms with van der Waals surface area (Å²) >= 11 is -2.24. The van der Waals surface area contributed by atoms with Gasteiger partial charge in [0.2, 0.25) is 0 Å². The van der Waals surface area contributed by atoms with Crippen molar-refractivity contribution in [1.82, 2.24) is 4.90 Å². The van der Waals surface area contributed by atoms with Crippen LogP contribution in [0.15, 0.2) is 29.2 Å². The highest BCUT2D eigenvalue weighted by Crippen LogP contribution is 2.33. The molecule has 0 aliphatic carbocycles. The summed E-state index contributed by atoms with van der Waals surface area (Å²) in [5.41, 5.74) is -0.180. The van der Waals surface area contributed by atoms with Gasteiger partial charge in [-0.3, -0.25) is 4.21 Å². The Labute approximate surface area is 110 Å².